The first-order valence-corrected chi connectivity index (χ1v) is 8.70. The molecule has 1 amide bonds. The maximum atomic E-state index is 13.2. The van der Waals surface area contributed by atoms with Gasteiger partial charge in [0.1, 0.15) is 11.5 Å². The van der Waals surface area contributed by atoms with E-state index in [4.69, 9.17) is 0 Å². The number of hydrogen-bond acceptors (Lipinski definition) is 5. The summed E-state index contributed by atoms with van der Waals surface area (Å²) in [4.78, 5) is 42.4. The van der Waals surface area contributed by atoms with Crippen molar-refractivity contribution in [2.24, 2.45) is 0 Å². The fraction of sp³-hybridized carbons (Fsp3) is 0.389. The van der Waals surface area contributed by atoms with Crippen LogP contribution in [0.15, 0.2) is 29.3 Å². The Morgan fingerprint density at radius 2 is 2.15 bits per heavy atom. The highest BCUT2D eigenvalue weighted by molar-refractivity contribution is 5.94. The normalized spacial score (nSPS) is 17.6. The Morgan fingerprint density at radius 1 is 1.31 bits per heavy atom. The van der Waals surface area contributed by atoms with Crippen molar-refractivity contribution in [1.82, 2.24) is 29.2 Å². The number of imidazole rings is 1. The van der Waals surface area contributed by atoms with E-state index in [0.29, 0.717) is 36.1 Å². The van der Waals surface area contributed by atoms with Crippen LogP contribution in [-0.4, -0.2) is 48.2 Å². The number of nitrogens with one attached hydrogen (secondary N) is 1. The minimum atomic E-state index is -0.153. The van der Waals surface area contributed by atoms with Gasteiger partial charge in [-0.15, -0.1) is 0 Å². The molecule has 4 heterocycles. The third-order valence-electron chi connectivity index (χ3n) is 4.79. The summed E-state index contributed by atoms with van der Waals surface area (Å²) in [6, 6.07) is 3.32. The number of aromatic amines is 1. The SMILES string of the molecule is Cc1nc([C@H]2CCCN(C(=O)c3c(C)nc4ncccn34)C2)cc(=O)[nH]1. The molecule has 0 aromatic carbocycles. The van der Waals surface area contributed by atoms with Gasteiger partial charge in [0, 0.05) is 37.5 Å². The van der Waals surface area contributed by atoms with Gasteiger partial charge >= 0.3 is 0 Å². The summed E-state index contributed by atoms with van der Waals surface area (Å²) in [5.74, 6) is 1.12. The fourth-order valence-corrected chi connectivity index (χ4v) is 3.62. The van der Waals surface area contributed by atoms with E-state index in [0.717, 1.165) is 18.5 Å². The van der Waals surface area contributed by atoms with E-state index in [2.05, 4.69) is 19.9 Å². The topological polar surface area (TPSA) is 96.2 Å². The Kier molecular flexibility index (Phi) is 4.02. The Hall–Kier alpha value is -3.03. The van der Waals surface area contributed by atoms with Crippen LogP contribution in [0.3, 0.4) is 0 Å². The summed E-state index contributed by atoms with van der Waals surface area (Å²) in [5.41, 5.74) is 1.81. The van der Waals surface area contributed by atoms with Crippen LogP contribution in [0.4, 0.5) is 0 Å². The third-order valence-corrected chi connectivity index (χ3v) is 4.79. The molecule has 0 bridgehead atoms. The molecular formula is C18H20N6O2. The zero-order valence-corrected chi connectivity index (χ0v) is 14.8. The number of likely N-dealkylation sites (tertiary alicyclic amines) is 1. The van der Waals surface area contributed by atoms with Crippen molar-refractivity contribution >= 4 is 11.7 Å². The molecule has 134 valence electrons. The standard InChI is InChI=1S/C18H20N6O2/c1-11-16(24-8-4-6-19-18(24)20-11)17(26)23-7-3-5-13(10-23)14-9-15(25)22-12(2)21-14/h4,6,8-9,13H,3,5,7,10H2,1-2H3,(H,21,22,25)/t13-/m0/s1. The van der Waals surface area contributed by atoms with Gasteiger partial charge in [-0.2, -0.15) is 0 Å². The van der Waals surface area contributed by atoms with Gasteiger partial charge in [-0.05, 0) is 32.8 Å². The van der Waals surface area contributed by atoms with Crippen LogP contribution in [0.2, 0.25) is 0 Å². The van der Waals surface area contributed by atoms with E-state index in [1.807, 2.05) is 11.8 Å². The van der Waals surface area contributed by atoms with Gasteiger partial charge in [-0.3, -0.25) is 14.0 Å². The van der Waals surface area contributed by atoms with Gasteiger partial charge in [0.2, 0.25) is 5.78 Å². The lowest BCUT2D eigenvalue weighted by atomic mass is 9.94. The first-order chi connectivity index (χ1) is 12.5. The molecule has 1 aliphatic rings. The highest BCUT2D eigenvalue weighted by Crippen LogP contribution is 2.26. The molecule has 0 radical (unpaired) electrons. The predicted octanol–water partition coefficient (Wildman–Crippen LogP) is 1.45. The lowest BCUT2D eigenvalue weighted by Gasteiger charge is -2.32. The molecule has 0 saturated carbocycles. The van der Waals surface area contributed by atoms with E-state index in [9.17, 15) is 9.59 Å². The van der Waals surface area contributed by atoms with E-state index in [1.165, 1.54) is 6.07 Å². The molecular weight excluding hydrogens is 332 g/mol. The Morgan fingerprint density at radius 3 is 2.96 bits per heavy atom. The van der Waals surface area contributed by atoms with Gasteiger partial charge in [-0.1, -0.05) is 0 Å². The number of amides is 1. The van der Waals surface area contributed by atoms with E-state index in [-0.39, 0.29) is 17.4 Å². The van der Waals surface area contributed by atoms with Gasteiger partial charge in [0.15, 0.2) is 0 Å². The minimum absolute atomic E-state index is 0.0609. The molecule has 4 rings (SSSR count). The van der Waals surface area contributed by atoms with Crippen LogP contribution in [-0.2, 0) is 0 Å². The first kappa shape index (κ1) is 16.4. The molecule has 0 unspecified atom stereocenters. The maximum absolute atomic E-state index is 13.2. The van der Waals surface area contributed by atoms with Crippen molar-refractivity contribution in [2.45, 2.75) is 32.6 Å². The highest BCUT2D eigenvalue weighted by atomic mass is 16.2. The molecule has 1 atom stereocenters. The van der Waals surface area contributed by atoms with Crippen molar-refractivity contribution in [2.75, 3.05) is 13.1 Å². The Balaban J connectivity index is 1.64. The van der Waals surface area contributed by atoms with E-state index >= 15 is 0 Å². The molecule has 0 spiro atoms. The van der Waals surface area contributed by atoms with E-state index in [1.54, 1.807) is 29.8 Å². The Labute approximate surface area is 149 Å². The number of hydrogen-bond donors (Lipinski definition) is 1. The summed E-state index contributed by atoms with van der Waals surface area (Å²) in [7, 11) is 0. The smallest absolute Gasteiger partial charge is 0.272 e. The van der Waals surface area contributed by atoms with Crippen molar-refractivity contribution < 1.29 is 4.79 Å². The Bertz CT molecular complexity index is 1040. The summed E-state index contributed by atoms with van der Waals surface area (Å²) in [5, 5.41) is 0. The fourth-order valence-electron chi connectivity index (χ4n) is 3.62. The van der Waals surface area contributed by atoms with Crippen LogP contribution >= 0.6 is 0 Å². The molecule has 1 aliphatic heterocycles. The number of carbonyl (C=O) groups is 1. The molecule has 3 aromatic rings. The molecule has 26 heavy (non-hydrogen) atoms. The van der Waals surface area contributed by atoms with Crippen molar-refractivity contribution in [3.63, 3.8) is 0 Å². The predicted molar refractivity (Wildman–Crippen MR) is 95.2 cm³/mol. The van der Waals surface area contributed by atoms with E-state index < -0.39 is 0 Å². The van der Waals surface area contributed by atoms with Crippen molar-refractivity contribution in [3.8, 4) is 0 Å². The first-order valence-electron chi connectivity index (χ1n) is 8.70. The molecule has 8 heteroatoms. The van der Waals surface area contributed by atoms with Crippen LogP contribution in [0, 0.1) is 13.8 Å². The number of nitrogens with zero attached hydrogens (tertiary/aromatic N) is 5. The second-order valence-corrected chi connectivity index (χ2v) is 6.68. The largest absolute Gasteiger partial charge is 0.337 e. The molecule has 0 aliphatic carbocycles. The maximum Gasteiger partial charge on any atom is 0.272 e. The van der Waals surface area contributed by atoms with Gasteiger partial charge in [-0.25, -0.2) is 15.0 Å². The molecule has 1 N–H and O–H groups in total. The van der Waals surface area contributed by atoms with Gasteiger partial charge in [0.25, 0.3) is 11.5 Å². The van der Waals surface area contributed by atoms with Crippen LogP contribution in [0.25, 0.3) is 5.78 Å². The quantitative estimate of drug-likeness (QED) is 0.753. The second-order valence-electron chi connectivity index (χ2n) is 6.68. The lowest BCUT2D eigenvalue weighted by molar-refractivity contribution is 0.0698. The number of fused-ring (bicyclic) bond motifs is 1. The molecule has 1 saturated heterocycles. The van der Waals surface area contributed by atoms with Crippen LogP contribution in [0.1, 0.15) is 46.5 Å². The zero-order chi connectivity index (χ0) is 18.3. The number of H-pyrrole nitrogens is 1. The summed E-state index contributed by atoms with van der Waals surface area (Å²) in [6.07, 6.45) is 5.25. The minimum Gasteiger partial charge on any atom is -0.337 e. The summed E-state index contributed by atoms with van der Waals surface area (Å²) in [6.45, 7) is 4.82. The monoisotopic (exact) mass is 352 g/mol. The van der Waals surface area contributed by atoms with Crippen LogP contribution in [0.5, 0.6) is 0 Å². The third kappa shape index (κ3) is 2.87. The zero-order valence-electron chi connectivity index (χ0n) is 14.8. The molecule has 3 aromatic heterocycles. The second kappa shape index (κ2) is 6.36. The van der Waals surface area contributed by atoms with Gasteiger partial charge in [0.05, 0.1) is 11.4 Å². The van der Waals surface area contributed by atoms with Crippen molar-refractivity contribution in [1.29, 1.82) is 0 Å². The number of carbonyl (C=O) groups excluding carboxylic acids is 1. The average Bonchev–Trinajstić information content (AvgIpc) is 2.96. The van der Waals surface area contributed by atoms with Crippen molar-refractivity contribution in [3.05, 3.63) is 57.8 Å². The highest BCUT2D eigenvalue weighted by Gasteiger charge is 2.29. The number of rotatable bonds is 2. The molecule has 8 nitrogen and oxygen atoms in total. The molecule has 1 fully saturated rings. The number of piperidine rings is 1. The summed E-state index contributed by atoms with van der Waals surface area (Å²) >= 11 is 0. The lowest BCUT2D eigenvalue weighted by Crippen LogP contribution is -2.40. The number of aryl methyl sites for hydroxylation is 2. The van der Waals surface area contributed by atoms with Gasteiger partial charge < -0.3 is 9.88 Å². The van der Waals surface area contributed by atoms with Crippen LogP contribution < -0.4 is 5.56 Å². The average molecular weight is 352 g/mol. The summed E-state index contributed by atoms with van der Waals surface area (Å²) < 4.78 is 1.73. The number of aromatic nitrogens is 5.